The number of nitrogens with zero attached hydrogens (tertiary/aromatic N) is 4. The molecule has 2 amide bonds. The SMILES string of the molecule is COc1ccc(C(CCCNS(=O)(=O)c2cccnc2)N2C(=O)c3cccc(N4CCN([C@H](C)c5ccccc5)CC4)c3C2=O)cc1OC. The molecular weight excluding hydrogens is 643 g/mol. The van der Waals surface area contributed by atoms with Gasteiger partial charge in [0.15, 0.2) is 11.5 Å². The predicted molar refractivity (Wildman–Crippen MR) is 187 cm³/mol. The Labute approximate surface area is 287 Å². The zero-order valence-corrected chi connectivity index (χ0v) is 28.7. The highest BCUT2D eigenvalue weighted by atomic mass is 32.2. The van der Waals surface area contributed by atoms with Crippen LogP contribution in [-0.2, 0) is 10.0 Å². The van der Waals surface area contributed by atoms with Crippen LogP contribution in [0, 0.1) is 0 Å². The van der Waals surface area contributed by atoms with E-state index in [1.54, 1.807) is 24.3 Å². The summed E-state index contributed by atoms with van der Waals surface area (Å²) < 4.78 is 39.2. The Morgan fingerprint density at radius 1 is 0.837 bits per heavy atom. The highest BCUT2D eigenvalue weighted by Crippen LogP contribution is 2.40. The maximum atomic E-state index is 14.4. The van der Waals surface area contributed by atoms with Gasteiger partial charge in [-0.05, 0) is 67.3 Å². The summed E-state index contributed by atoms with van der Waals surface area (Å²) in [6.07, 6.45) is 3.45. The highest BCUT2D eigenvalue weighted by Gasteiger charge is 2.43. The number of pyridine rings is 1. The largest absolute Gasteiger partial charge is 0.493 e. The molecule has 49 heavy (non-hydrogen) atoms. The number of methoxy groups -OCH3 is 2. The lowest BCUT2D eigenvalue weighted by atomic mass is 9.99. The highest BCUT2D eigenvalue weighted by molar-refractivity contribution is 7.89. The molecule has 0 aliphatic carbocycles. The second-order valence-electron chi connectivity index (χ2n) is 12.1. The van der Waals surface area contributed by atoms with Gasteiger partial charge in [0.1, 0.15) is 4.90 Å². The molecule has 0 saturated carbocycles. The number of hydrogen-bond acceptors (Lipinski definition) is 9. The normalized spacial score (nSPS) is 16.4. The number of amides is 2. The summed E-state index contributed by atoms with van der Waals surface area (Å²) in [5.41, 5.74) is 3.46. The summed E-state index contributed by atoms with van der Waals surface area (Å²) in [7, 11) is -0.710. The number of rotatable bonds is 13. The van der Waals surface area contributed by atoms with E-state index in [-0.39, 0.29) is 29.3 Å². The molecule has 11 nitrogen and oxygen atoms in total. The molecule has 2 aliphatic heterocycles. The van der Waals surface area contributed by atoms with Crippen LogP contribution in [0.3, 0.4) is 0 Å². The second kappa shape index (κ2) is 14.8. The molecule has 1 unspecified atom stereocenters. The lowest BCUT2D eigenvalue weighted by Gasteiger charge is -2.39. The van der Waals surface area contributed by atoms with E-state index in [2.05, 4.69) is 50.7 Å². The van der Waals surface area contributed by atoms with Gasteiger partial charge in [-0.1, -0.05) is 42.5 Å². The minimum Gasteiger partial charge on any atom is -0.493 e. The number of anilines is 1. The van der Waals surface area contributed by atoms with E-state index in [0.29, 0.717) is 54.1 Å². The van der Waals surface area contributed by atoms with Gasteiger partial charge in [-0.15, -0.1) is 0 Å². The van der Waals surface area contributed by atoms with Crippen molar-refractivity contribution >= 4 is 27.5 Å². The number of sulfonamides is 1. The molecule has 12 heteroatoms. The van der Waals surface area contributed by atoms with E-state index in [1.165, 1.54) is 43.1 Å². The fraction of sp³-hybridized carbons (Fsp3) is 0.324. The molecule has 3 aromatic carbocycles. The van der Waals surface area contributed by atoms with Gasteiger partial charge in [-0.3, -0.25) is 24.4 Å². The van der Waals surface area contributed by atoms with Gasteiger partial charge in [-0.25, -0.2) is 13.1 Å². The van der Waals surface area contributed by atoms with Crippen LogP contribution in [0.1, 0.15) is 63.7 Å². The van der Waals surface area contributed by atoms with Crippen LogP contribution in [0.4, 0.5) is 5.69 Å². The van der Waals surface area contributed by atoms with Crippen molar-refractivity contribution in [3.8, 4) is 11.5 Å². The van der Waals surface area contributed by atoms with Crippen molar-refractivity contribution in [2.75, 3.05) is 51.8 Å². The minimum atomic E-state index is -3.78. The van der Waals surface area contributed by atoms with Crippen molar-refractivity contribution in [2.45, 2.75) is 36.7 Å². The molecule has 4 aromatic rings. The fourth-order valence-corrected chi connectivity index (χ4v) is 7.76. The van der Waals surface area contributed by atoms with E-state index in [4.69, 9.17) is 9.47 Å². The minimum absolute atomic E-state index is 0.0645. The number of hydrogen-bond donors (Lipinski definition) is 1. The Kier molecular flexibility index (Phi) is 10.3. The van der Waals surface area contributed by atoms with E-state index in [9.17, 15) is 18.0 Å². The molecule has 2 atom stereocenters. The van der Waals surface area contributed by atoms with Crippen molar-refractivity contribution in [2.24, 2.45) is 0 Å². The average molecular weight is 684 g/mol. The van der Waals surface area contributed by atoms with E-state index in [0.717, 1.165) is 18.8 Å². The van der Waals surface area contributed by atoms with Gasteiger partial charge in [-0.2, -0.15) is 0 Å². The number of ether oxygens (including phenoxy) is 2. The number of nitrogens with one attached hydrogen (secondary N) is 1. The lowest BCUT2D eigenvalue weighted by Crippen LogP contribution is -2.47. The summed E-state index contributed by atoms with van der Waals surface area (Å²) in [4.78, 5) is 38.4. The summed E-state index contributed by atoms with van der Waals surface area (Å²) in [5, 5.41) is 0. The number of fused-ring (bicyclic) bond motifs is 1. The Balaban J connectivity index is 1.23. The first-order chi connectivity index (χ1) is 23.7. The van der Waals surface area contributed by atoms with Gasteiger partial charge in [0.05, 0.1) is 37.1 Å². The molecule has 1 aromatic heterocycles. The zero-order valence-electron chi connectivity index (χ0n) is 27.9. The molecule has 0 spiro atoms. The Morgan fingerprint density at radius 2 is 1.59 bits per heavy atom. The van der Waals surface area contributed by atoms with Gasteiger partial charge >= 0.3 is 0 Å². The molecule has 1 N–H and O–H groups in total. The summed E-state index contributed by atoms with van der Waals surface area (Å²) in [6.45, 7) is 5.37. The van der Waals surface area contributed by atoms with Gasteiger partial charge in [0.25, 0.3) is 11.8 Å². The van der Waals surface area contributed by atoms with Crippen molar-refractivity contribution in [1.29, 1.82) is 0 Å². The van der Waals surface area contributed by atoms with Crippen molar-refractivity contribution in [1.82, 2.24) is 19.5 Å². The maximum Gasteiger partial charge on any atom is 0.264 e. The van der Waals surface area contributed by atoms with Crippen molar-refractivity contribution in [3.05, 3.63) is 114 Å². The Bertz CT molecular complexity index is 1900. The number of carbonyl (C=O) groups excluding carboxylic acids is 2. The predicted octanol–water partition coefficient (Wildman–Crippen LogP) is 5.08. The molecular formula is C37H41N5O6S. The molecule has 6 rings (SSSR count). The number of imide groups is 1. The van der Waals surface area contributed by atoms with Crippen LogP contribution < -0.4 is 19.1 Å². The third-order valence-electron chi connectivity index (χ3n) is 9.40. The number of carbonyl (C=O) groups is 2. The Morgan fingerprint density at radius 3 is 2.29 bits per heavy atom. The van der Waals surface area contributed by atoms with E-state index in [1.807, 2.05) is 24.3 Å². The molecule has 1 fully saturated rings. The molecule has 2 aliphatic rings. The third-order valence-corrected chi connectivity index (χ3v) is 10.9. The first kappa shape index (κ1) is 34.1. The smallest absolute Gasteiger partial charge is 0.264 e. The standard InChI is InChI=1S/C37H41N5O6S/c1-26(27-10-5-4-6-11-27)40-20-22-41(23-21-40)32-14-7-13-30-35(32)37(44)42(36(30)43)31(28-16-17-33(47-2)34(24-28)48-3)15-9-19-39-49(45,46)29-12-8-18-38-25-29/h4-8,10-14,16-18,24-26,31,39H,9,15,19-23H2,1-3H3/t26-,31?/m1/s1. The van der Waals surface area contributed by atoms with Crippen molar-refractivity contribution in [3.63, 3.8) is 0 Å². The second-order valence-corrected chi connectivity index (χ2v) is 13.9. The molecule has 3 heterocycles. The monoisotopic (exact) mass is 683 g/mol. The number of benzene rings is 3. The fourth-order valence-electron chi connectivity index (χ4n) is 6.72. The number of aromatic nitrogens is 1. The van der Waals surface area contributed by atoms with Crippen LogP contribution >= 0.6 is 0 Å². The number of piperazine rings is 1. The molecule has 256 valence electrons. The zero-order chi connectivity index (χ0) is 34.5. The quantitative estimate of drug-likeness (QED) is 0.152. The van der Waals surface area contributed by atoms with Crippen LogP contribution in [-0.4, -0.2) is 82.0 Å². The van der Waals surface area contributed by atoms with Gasteiger partial charge in [0.2, 0.25) is 10.0 Å². The first-order valence-corrected chi connectivity index (χ1v) is 17.9. The third kappa shape index (κ3) is 7.03. The molecule has 1 saturated heterocycles. The summed E-state index contributed by atoms with van der Waals surface area (Å²) in [6, 6.07) is 23.8. The molecule has 0 bridgehead atoms. The van der Waals surface area contributed by atoms with Crippen LogP contribution in [0.15, 0.2) is 96.2 Å². The van der Waals surface area contributed by atoms with Crippen molar-refractivity contribution < 1.29 is 27.5 Å². The van der Waals surface area contributed by atoms with Crippen LogP contribution in [0.2, 0.25) is 0 Å². The van der Waals surface area contributed by atoms with E-state index >= 15 is 0 Å². The van der Waals surface area contributed by atoms with Gasteiger partial charge in [0, 0.05) is 51.2 Å². The Hall–Kier alpha value is -4.78. The lowest BCUT2D eigenvalue weighted by molar-refractivity contribution is 0.0572. The summed E-state index contributed by atoms with van der Waals surface area (Å²) >= 11 is 0. The average Bonchev–Trinajstić information content (AvgIpc) is 3.40. The van der Waals surface area contributed by atoms with E-state index < -0.39 is 16.1 Å². The first-order valence-electron chi connectivity index (χ1n) is 16.4. The van der Waals surface area contributed by atoms with Crippen LogP contribution in [0.5, 0.6) is 11.5 Å². The molecule has 0 radical (unpaired) electrons. The van der Waals surface area contributed by atoms with Gasteiger partial charge < -0.3 is 14.4 Å². The summed E-state index contributed by atoms with van der Waals surface area (Å²) in [5.74, 6) is 0.224. The maximum absolute atomic E-state index is 14.4. The van der Waals surface area contributed by atoms with Crippen LogP contribution in [0.25, 0.3) is 0 Å². The topological polar surface area (TPSA) is 121 Å².